The van der Waals surface area contributed by atoms with Gasteiger partial charge in [-0.1, -0.05) is 23.4 Å². The van der Waals surface area contributed by atoms with Crippen LogP contribution in [0.2, 0.25) is 0 Å². The number of oxime groups is 1. The number of rotatable bonds is 3. The molecule has 2 aromatic carbocycles. The minimum atomic E-state index is -0.590. The van der Waals surface area contributed by atoms with Crippen molar-refractivity contribution < 1.29 is 14.7 Å². The minimum Gasteiger partial charge on any atom is -0.410 e. The fourth-order valence-corrected chi connectivity index (χ4v) is 1.52. The summed E-state index contributed by atoms with van der Waals surface area (Å²) in [5, 5.41) is 14.0. The molecule has 1 amide bonds. The third-order valence-electron chi connectivity index (χ3n) is 2.49. The largest absolute Gasteiger partial charge is 0.417 e. The molecule has 20 heavy (non-hydrogen) atoms. The summed E-state index contributed by atoms with van der Waals surface area (Å²) in [5.41, 5.74) is 6.53. The van der Waals surface area contributed by atoms with Crippen LogP contribution in [-0.4, -0.2) is 17.1 Å². The Labute approximate surface area is 115 Å². The first-order chi connectivity index (χ1) is 9.69. The summed E-state index contributed by atoms with van der Waals surface area (Å²) in [6.07, 6.45) is -0.590. The van der Waals surface area contributed by atoms with Crippen molar-refractivity contribution in [3.63, 3.8) is 0 Å². The summed E-state index contributed by atoms with van der Waals surface area (Å²) in [4.78, 5) is 11.6. The molecule has 0 aliphatic rings. The van der Waals surface area contributed by atoms with Crippen LogP contribution in [0, 0.1) is 0 Å². The molecule has 0 fully saturated rings. The van der Waals surface area contributed by atoms with E-state index in [1.807, 2.05) is 6.07 Å². The Kier molecular flexibility index (Phi) is 4.18. The number of hydrogen-bond acceptors (Lipinski definition) is 4. The summed E-state index contributed by atoms with van der Waals surface area (Å²) < 4.78 is 5.08. The number of benzene rings is 2. The van der Waals surface area contributed by atoms with Crippen molar-refractivity contribution in [2.24, 2.45) is 10.9 Å². The van der Waals surface area contributed by atoms with Crippen LogP contribution in [0.25, 0.3) is 0 Å². The zero-order valence-electron chi connectivity index (χ0n) is 10.5. The molecule has 0 unspecified atom stereocenters. The standard InChI is InChI=1S/C14H13N3O3/c15-13(17-19)10-6-8-11(9-7-10)16-14(18)20-12-4-2-1-3-5-12/h1-9,19H,(H2,15,17)(H,16,18). The van der Waals surface area contributed by atoms with Crippen molar-refractivity contribution >= 4 is 17.6 Å². The highest BCUT2D eigenvalue weighted by molar-refractivity contribution is 5.97. The minimum absolute atomic E-state index is 0.00316. The number of anilines is 1. The molecule has 2 aromatic rings. The average Bonchev–Trinajstić information content (AvgIpc) is 2.48. The summed E-state index contributed by atoms with van der Waals surface area (Å²) in [5.74, 6) is 0.460. The van der Waals surface area contributed by atoms with Crippen LogP contribution in [0.4, 0.5) is 10.5 Å². The number of nitrogens with two attached hydrogens (primary N) is 1. The van der Waals surface area contributed by atoms with Gasteiger partial charge < -0.3 is 15.7 Å². The quantitative estimate of drug-likeness (QED) is 0.345. The lowest BCUT2D eigenvalue weighted by Gasteiger charge is -2.07. The molecular formula is C14H13N3O3. The molecule has 0 bridgehead atoms. The molecule has 102 valence electrons. The number of amidine groups is 1. The van der Waals surface area contributed by atoms with Gasteiger partial charge in [0.05, 0.1) is 0 Å². The molecule has 0 saturated carbocycles. The molecule has 0 saturated heterocycles. The average molecular weight is 271 g/mol. The van der Waals surface area contributed by atoms with Gasteiger partial charge in [-0.2, -0.15) is 0 Å². The van der Waals surface area contributed by atoms with Gasteiger partial charge in [0.25, 0.3) is 0 Å². The van der Waals surface area contributed by atoms with Crippen LogP contribution in [0.15, 0.2) is 59.8 Å². The second kappa shape index (κ2) is 6.24. The Bertz CT molecular complexity index is 609. The van der Waals surface area contributed by atoms with E-state index < -0.39 is 6.09 Å². The third kappa shape index (κ3) is 3.49. The van der Waals surface area contributed by atoms with Crippen LogP contribution >= 0.6 is 0 Å². The summed E-state index contributed by atoms with van der Waals surface area (Å²) in [6, 6.07) is 15.2. The maximum Gasteiger partial charge on any atom is 0.417 e. The number of ether oxygens (including phenoxy) is 1. The van der Waals surface area contributed by atoms with Gasteiger partial charge in [-0.15, -0.1) is 0 Å². The summed E-state index contributed by atoms with van der Waals surface area (Å²) in [6.45, 7) is 0. The normalized spacial score (nSPS) is 10.9. The van der Waals surface area contributed by atoms with Crippen LogP contribution in [0.3, 0.4) is 0 Å². The SMILES string of the molecule is N/C(=N/O)c1ccc(NC(=O)Oc2ccccc2)cc1. The Morgan fingerprint density at radius 1 is 1.10 bits per heavy atom. The van der Waals surface area contributed by atoms with Gasteiger partial charge >= 0.3 is 6.09 Å². The number of amides is 1. The fourth-order valence-electron chi connectivity index (χ4n) is 1.52. The lowest BCUT2D eigenvalue weighted by atomic mass is 10.2. The number of nitrogens with one attached hydrogen (secondary N) is 1. The van der Waals surface area contributed by atoms with E-state index in [2.05, 4.69) is 10.5 Å². The summed E-state index contributed by atoms with van der Waals surface area (Å²) >= 11 is 0. The van der Waals surface area contributed by atoms with Crippen molar-refractivity contribution in [1.82, 2.24) is 0 Å². The Morgan fingerprint density at radius 3 is 2.35 bits per heavy atom. The molecule has 0 heterocycles. The highest BCUT2D eigenvalue weighted by Gasteiger charge is 2.05. The number of carbonyl (C=O) groups is 1. The van der Waals surface area contributed by atoms with Crippen molar-refractivity contribution in [2.45, 2.75) is 0 Å². The molecule has 0 radical (unpaired) electrons. The predicted molar refractivity (Wildman–Crippen MR) is 75.0 cm³/mol. The molecule has 0 aliphatic carbocycles. The van der Waals surface area contributed by atoms with E-state index in [-0.39, 0.29) is 5.84 Å². The zero-order chi connectivity index (χ0) is 14.4. The van der Waals surface area contributed by atoms with Gasteiger partial charge in [0.15, 0.2) is 5.84 Å². The van der Waals surface area contributed by atoms with Gasteiger partial charge in [0, 0.05) is 11.3 Å². The van der Waals surface area contributed by atoms with E-state index in [4.69, 9.17) is 15.7 Å². The maximum atomic E-state index is 11.6. The molecule has 0 atom stereocenters. The van der Waals surface area contributed by atoms with Gasteiger partial charge in [0.2, 0.25) is 0 Å². The van der Waals surface area contributed by atoms with Crippen molar-refractivity contribution in [2.75, 3.05) is 5.32 Å². The molecule has 0 spiro atoms. The van der Waals surface area contributed by atoms with E-state index in [9.17, 15) is 4.79 Å². The number of hydrogen-bond donors (Lipinski definition) is 3. The van der Waals surface area contributed by atoms with E-state index in [0.717, 1.165) is 0 Å². The molecule has 0 aliphatic heterocycles. The van der Waals surface area contributed by atoms with Gasteiger partial charge in [-0.25, -0.2) is 4.79 Å². The fraction of sp³-hybridized carbons (Fsp3) is 0. The first-order valence-electron chi connectivity index (χ1n) is 5.81. The highest BCUT2D eigenvalue weighted by Crippen LogP contribution is 2.12. The Balaban J connectivity index is 1.98. The first-order valence-corrected chi connectivity index (χ1v) is 5.81. The number of nitrogens with zero attached hydrogens (tertiary/aromatic N) is 1. The lowest BCUT2D eigenvalue weighted by molar-refractivity contribution is 0.215. The molecule has 2 rings (SSSR count). The second-order valence-electron chi connectivity index (χ2n) is 3.89. The van der Waals surface area contributed by atoms with Crippen LogP contribution in [-0.2, 0) is 0 Å². The van der Waals surface area contributed by atoms with Gasteiger partial charge in [0.1, 0.15) is 5.75 Å². The van der Waals surface area contributed by atoms with Crippen LogP contribution in [0.1, 0.15) is 5.56 Å². The highest BCUT2D eigenvalue weighted by atomic mass is 16.6. The van der Waals surface area contributed by atoms with Crippen molar-refractivity contribution in [3.8, 4) is 5.75 Å². The number of carbonyl (C=O) groups excluding carboxylic acids is 1. The molecule has 6 nitrogen and oxygen atoms in total. The van der Waals surface area contributed by atoms with E-state index >= 15 is 0 Å². The van der Waals surface area contributed by atoms with E-state index in [1.165, 1.54) is 0 Å². The molecular weight excluding hydrogens is 258 g/mol. The van der Waals surface area contributed by atoms with Crippen molar-refractivity contribution in [3.05, 3.63) is 60.2 Å². The van der Waals surface area contributed by atoms with Gasteiger partial charge in [-0.05, 0) is 36.4 Å². The topological polar surface area (TPSA) is 96.9 Å². The van der Waals surface area contributed by atoms with Crippen LogP contribution in [0.5, 0.6) is 5.75 Å². The zero-order valence-corrected chi connectivity index (χ0v) is 10.5. The third-order valence-corrected chi connectivity index (χ3v) is 2.49. The lowest BCUT2D eigenvalue weighted by Crippen LogP contribution is -2.17. The molecule has 6 heteroatoms. The predicted octanol–water partition coefficient (Wildman–Crippen LogP) is 2.39. The first kappa shape index (κ1) is 13.4. The number of para-hydroxylation sites is 1. The summed E-state index contributed by atoms with van der Waals surface area (Å²) in [7, 11) is 0. The smallest absolute Gasteiger partial charge is 0.410 e. The Hall–Kier alpha value is -3.02. The Morgan fingerprint density at radius 2 is 1.75 bits per heavy atom. The van der Waals surface area contributed by atoms with E-state index in [0.29, 0.717) is 17.0 Å². The maximum absolute atomic E-state index is 11.6. The van der Waals surface area contributed by atoms with Crippen LogP contribution < -0.4 is 15.8 Å². The monoisotopic (exact) mass is 271 g/mol. The second-order valence-corrected chi connectivity index (χ2v) is 3.89. The molecule has 4 N–H and O–H groups in total. The molecule has 0 aromatic heterocycles. The van der Waals surface area contributed by atoms with E-state index in [1.54, 1.807) is 48.5 Å². The van der Waals surface area contributed by atoms with Crippen molar-refractivity contribution in [1.29, 1.82) is 0 Å². The van der Waals surface area contributed by atoms with Gasteiger partial charge in [-0.3, -0.25) is 5.32 Å².